The van der Waals surface area contributed by atoms with E-state index in [4.69, 9.17) is 10.5 Å². The number of rotatable bonds is 2. The Morgan fingerprint density at radius 1 is 1.30 bits per heavy atom. The van der Waals surface area contributed by atoms with E-state index in [2.05, 4.69) is 0 Å². The third-order valence-corrected chi connectivity index (χ3v) is 2.17. The fraction of sp³-hybridized carbons (Fsp3) is 0.750. The maximum absolute atomic E-state index is 8.50. The summed E-state index contributed by atoms with van der Waals surface area (Å²) in [6, 6.07) is 4.02. The Morgan fingerprint density at radius 2 is 1.80 bits per heavy atom. The van der Waals surface area contributed by atoms with Crippen LogP contribution in [0.5, 0.6) is 0 Å². The van der Waals surface area contributed by atoms with Crippen LogP contribution in [0.4, 0.5) is 0 Å². The normalized spacial score (nSPS) is 19.6. The van der Waals surface area contributed by atoms with Gasteiger partial charge >= 0.3 is 0 Å². The highest BCUT2D eigenvalue weighted by molar-refractivity contribution is 5.04. The molecular formula is C8H10N2. The van der Waals surface area contributed by atoms with E-state index in [1.165, 1.54) is 12.8 Å². The number of hydrogen-bond donors (Lipinski definition) is 0. The summed E-state index contributed by atoms with van der Waals surface area (Å²) in [6.45, 7) is 1.99. The molecule has 1 aliphatic rings. The number of nitrogens with zero attached hydrogens (tertiary/aromatic N) is 2. The van der Waals surface area contributed by atoms with Crippen LogP contribution in [-0.4, -0.2) is 0 Å². The standard InChI is InChI=1S/C8H10N2/c1-6(7-2-3-7)8(4-9)5-10/h6-8H,2-3H2,1H3/t6-/m1/s1. The van der Waals surface area contributed by atoms with Gasteiger partial charge in [0.25, 0.3) is 0 Å². The van der Waals surface area contributed by atoms with Crippen molar-refractivity contribution in [1.29, 1.82) is 10.5 Å². The van der Waals surface area contributed by atoms with Crippen LogP contribution in [0.1, 0.15) is 19.8 Å². The van der Waals surface area contributed by atoms with Gasteiger partial charge in [-0.05, 0) is 24.7 Å². The molecule has 10 heavy (non-hydrogen) atoms. The van der Waals surface area contributed by atoms with Crippen LogP contribution in [0.25, 0.3) is 0 Å². The fourth-order valence-corrected chi connectivity index (χ4v) is 1.16. The van der Waals surface area contributed by atoms with Gasteiger partial charge in [-0.15, -0.1) is 0 Å². The van der Waals surface area contributed by atoms with Gasteiger partial charge in [0.05, 0.1) is 12.1 Å². The molecule has 1 fully saturated rings. The van der Waals surface area contributed by atoms with Crippen molar-refractivity contribution in [2.24, 2.45) is 17.8 Å². The summed E-state index contributed by atoms with van der Waals surface area (Å²) in [5.41, 5.74) is 0. The lowest BCUT2D eigenvalue weighted by atomic mass is 9.92. The second-order valence-corrected chi connectivity index (χ2v) is 2.93. The SMILES string of the molecule is C[C@@H](C(C#N)C#N)C1CC1. The van der Waals surface area contributed by atoms with Crippen molar-refractivity contribution >= 4 is 0 Å². The van der Waals surface area contributed by atoms with Crippen LogP contribution < -0.4 is 0 Å². The van der Waals surface area contributed by atoms with Crippen LogP contribution in [0.2, 0.25) is 0 Å². The lowest BCUT2D eigenvalue weighted by Crippen LogP contribution is -2.08. The van der Waals surface area contributed by atoms with E-state index in [1.807, 2.05) is 19.1 Å². The predicted molar refractivity (Wildman–Crippen MR) is 36.6 cm³/mol. The predicted octanol–water partition coefficient (Wildman–Crippen LogP) is 1.70. The van der Waals surface area contributed by atoms with Crippen molar-refractivity contribution in [3.63, 3.8) is 0 Å². The summed E-state index contributed by atoms with van der Waals surface area (Å²) in [5, 5.41) is 17.0. The average molecular weight is 134 g/mol. The van der Waals surface area contributed by atoms with Crippen molar-refractivity contribution in [2.75, 3.05) is 0 Å². The first-order valence-electron chi connectivity index (χ1n) is 3.59. The maximum Gasteiger partial charge on any atom is 0.136 e. The molecule has 0 bridgehead atoms. The monoisotopic (exact) mass is 134 g/mol. The third-order valence-electron chi connectivity index (χ3n) is 2.17. The Hall–Kier alpha value is -1.02. The van der Waals surface area contributed by atoms with Gasteiger partial charge in [-0.2, -0.15) is 10.5 Å². The van der Waals surface area contributed by atoms with Crippen LogP contribution in [0, 0.1) is 40.4 Å². The summed E-state index contributed by atoms with van der Waals surface area (Å²) >= 11 is 0. The zero-order chi connectivity index (χ0) is 7.56. The van der Waals surface area contributed by atoms with Crippen LogP contribution in [0.3, 0.4) is 0 Å². The summed E-state index contributed by atoms with van der Waals surface area (Å²) in [6.07, 6.45) is 2.42. The summed E-state index contributed by atoms with van der Waals surface area (Å²) < 4.78 is 0. The van der Waals surface area contributed by atoms with Gasteiger partial charge in [0, 0.05) is 0 Å². The minimum absolute atomic E-state index is 0.287. The number of hydrogen-bond acceptors (Lipinski definition) is 2. The summed E-state index contributed by atoms with van der Waals surface area (Å²) in [7, 11) is 0. The lowest BCUT2D eigenvalue weighted by molar-refractivity contribution is 0.453. The first-order chi connectivity index (χ1) is 4.79. The zero-order valence-corrected chi connectivity index (χ0v) is 6.04. The highest BCUT2D eigenvalue weighted by atomic mass is 14.4. The van der Waals surface area contributed by atoms with Crippen molar-refractivity contribution in [3.8, 4) is 12.1 Å². The minimum Gasteiger partial charge on any atom is -0.197 e. The molecule has 0 heterocycles. The smallest absolute Gasteiger partial charge is 0.136 e. The number of nitriles is 2. The van der Waals surface area contributed by atoms with Crippen LogP contribution in [0.15, 0.2) is 0 Å². The fourth-order valence-electron chi connectivity index (χ4n) is 1.16. The highest BCUT2D eigenvalue weighted by Gasteiger charge is 2.33. The average Bonchev–Trinajstić information content (AvgIpc) is 2.71. The Kier molecular flexibility index (Phi) is 1.92. The molecule has 0 radical (unpaired) electrons. The second-order valence-electron chi connectivity index (χ2n) is 2.93. The van der Waals surface area contributed by atoms with Crippen LogP contribution >= 0.6 is 0 Å². The summed E-state index contributed by atoms with van der Waals surface area (Å²) in [4.78, 5) is 0. The van der Waals surface area contributed by atoms with Gasteiger partial charge < -0.3 is 0 Å². The molecule has 52 valence electrons. The van der Waals surface area contributed by atoms with E-state index >= 15 is 0 Å². The third kappa shape index (κ3) is 1.28. The van der Waals surface area contributed by atoms with Gasteiger partial charge in [-0.1, -0.05) is 6.92 Å². The second kappa shape index (κ2) is 2.71. The molecule has 2 heteroatoms. The van der Waals surface area contributed by atoms with Crippen molar-refractivity contribution in [3.05, 3.63) is 0 Å². The molecule has 0 aromatic rings. The molecule has 0 aliphatic heterocycles. The van der Waals surface area contributed by atoms with E-state index in [0.29, 0.717) is 5.92 Å². The molecule has 0 saturated heterocycles. The van der Waals surface area contributed by atoms with Gasteiger partial charge in [0.2, 0.25) is 0 Å². The lowest BCUT2D eigenvalue weighted by Gasteiger charge is -2.07. The van der Waals surface area contributed by atoms with E-state index in [0.717, 1.165) is 0 Å². The van der Waals surface area contributed by atoms with Gasteiger partial charge in [-0.3, -0.25) is 0 Å². The summed E-state index contributed by atoms with van der Waals surface area (Å²) in [5.74, 6) is 0.562. The molecule has 2 nitrogen and oxygen atoms in total. The first kappa shape index (κ1) is 7.09. The molecule has 0 aromatic heterocycles. The molecule has 1 rings (SSSR count). The molecule has 0 unspecified atom stereocenters. The van der Waals surface area contributed by atoms with Crippen LogP contribution in [-0.2, 0) is 0 Å². The molecule has 0 aromatic carbocycles. The van der Waals surface area contributed by atoms with Gasteiger partial charge in [0.1, 0.15) is 5.92 Å². The Labute approximate surface area is 61.1 Å². The molecular weight excluding hydrogens is 124 g/mol. The first-order valence-corrected chi connectivity index (χ1v) is 3.59. The van der Waals surface area contributed by atoms with E-state index in [9.17, 15) is 0 Å². The quantitative estimate of drug-likeness (QED) is 0.577. The Morgan fingerprint density at radius 3 is 2.10 bits per heavy atom. The maximum atomic E-state index is 8.50. The molecule has 0 N–H and O–H groups in total. The van der Waals surface area contributed by atoms with Crippen molar-refractivity contribution in [1.82, 2.24) is 0 Å². The van der Waals surface area contributed by atoms with E-state index < -0.39 is 0 Å². The highest BCUT2D eigenvalue weighted by Crippen LogP contribution is 2.39. The largest absolute Gasteiger partial charge is 0.197 e. The molecule has 1 aliphatic carbocycles. The topological polar surface area (TPSA) is 47.6 Å². The molecule has 0 spiro atoms. The molecule has 0 amide bonds. The Bertz CT molecular complexity index is 178. The zero-order valence-electron chi connectivity index (χ0n) is 6.04. The van der Waals surface area contributed by atoms with E-state index in [-0.39, 0.29) is 11.8 Å². The van der Waals surface area contributed by atoms with Crippen molar-refractivity contribution < 1.29 is 0 Å². The molecule has 1 saturated carbocycles. The molecule has 1 atom stereocenters. The van der Waals surface area contributed by atoms with Gasteiger partial charge in [-0.25, -0.2) is 0 Å². The Balaban J connectivity index is 2.47. The minimum atomic E-state index is -0.382. The van der Waals surface area contributed by atoms with Crippen molar-refractivity contribution in [2.45, 2.75) is 19.8 Å². The van der Waals surface area contributed by atoms with Gasteiger partial charge in [0.15, 0.2) is 0 Å². The van der Waals surface area contributed by atoms with E-state index in [1.54, 1.807) is 0 Å².